The number of amides is 2. The van der Waals surface area contributed by atoms with Gasteiger partial charge in [0, 0.05) is 44.5 Å². The Kier molecular flexibility index (Phi) is 10.4. The molecule has 3 rings (SSSR count). The molecule has 2 amide bonds. The summed E-state index contributed by atoms with van der Waals surface area (Å²) >= 11 is 6.54. The second-order valence-corrected chi connectivity index (χ2v) is 9.09. The fraction of sp³-hybridized carbons (Fsp3) is 0.385. The lowest BCUT2D eigenvalue weighted by Gasteiger charge is -2.27. The normalized spacial score (nSPS) is 11.7. The van der Waals surface area contributed by atoms with Crippen molar-refractivity contribution in [2.75, 3.05) is 31.5 Å². The first-order chi connectivity index (χ1) is 17.9. The quantitative estimate of drug-likeness (QED) is 0.276. The largest absolute Gasteiger partial charge is 0.369 e. The molecule has 3 aromatic rings. The van der Waals surface area contributed by atoms with Crippen molar-refractivity contribution in [1.82, 2.24) is 25.0 Å². The van der Waals surface area contributed by atoms with E-state index in [-0.39, 0.29) is 29.9 Å². The Morgan fingerprint density at radius 2 is 2.16 bits per heavy atom. The van der Waals surface area contributed by atoms with Gasteiger partial charge in [0.2, 0.25) is 6.41 Å². The monoisotopic (exact) mass is 529 g/mol. The summed E-state index contributed by atoms with van der Waals surface area (Å²) in [5, 5.41) is 10.6. The van der Waals surface area contributed by atoms with Gasteiger partial charge >= 0.3 is 0 Å². The number of carbonyl (C=O) groups is 2. The van der Waals surface area contributed by atoms with Crippen LogP contribution in [-0.4, -0.2) is 64.2 Å². The Morgan fingerprint density at radius 1 is 1.35 bits per heavy atom. The van der Waals surface area contributed by atoms with E-state index in [4.69, 9.17) is 17.3 Å². The van der Waals surface area contributed by atoms with Crippen LogP contribution in [0.25, 0.3) is 11.3 Å². The molecular formula is C26H33ClFN7O2. The maximum absolute atomic E-state index is 13.6. The average molecular weight is 530 g/mol. The number of benzene rings is 1. The lowest BCUT2D eigenvalue weighted by Crippen LogP contribution is -2.44. The number of halogens is 2. The summed E-state index contributed by atoms with van der Waals surface area (Å²) < 4.78 is 15.2. The highest BCUT2D eigenvalue weighted by Crippen LogP contribution is 2.30. The molecule has 9 nitrogen and oxygen atoms in total. The second-order valence-electron chi connectivity index (χ2n) is 8.68. The number of nitrogens with two attached hydrogens (primary N) is 1. The summed E-state index contributed by atoms with van der Waals surface area (Å²) in [5.41, 5.74) is 7.86. The molecule has 0 aliphatic heterocycles. The molecule has 1 aromatic carbocycles. The molecule has 0 aliphatic rings. The van der Waals surface area contributed by atoms with Crippen LogP contribution in [0.4, 0.5) is 10.2 Å². The minimum absolute atomic E-state index is 0.171. The fourth-order valence-electron chi connectivity index (χ4n) is 3.96. The standard InChI is InChI=1S/C26H33ClFN7O2/c1-3-21(35(17-36)11-5-9-29)15-31-26(37)22-13-23(27)24(19-14-32-34(2)16-19)33-25(22)30-10-8-18-6-4-7-20(28)12-18/h4,6-7,12-14,16-17,21H,3,5,8-11,15,29H2,1-2H3,(H,30,33)(H,31,37)/t21-/m1/s1. The predicted molar refractivity (Wildman–Crippen MR) is 143 cm³/mol. The number of hydrogen-bond donors (Lipinski definition) is 3. The van der Waals surface area contributed by atoms with Crippen LogP contribution in [-0.2, 0) is 18.3 Å². The lowest BCUT2D eigenvalue weighted by atomic mass is 10.1. The Balaban J connectivity index is 1.81. The fourth-order valence-corrected chi connectivity index (χ4v) is 4.22. The highest BCUT2D eigenvalue weighted by atomic mass is 35.5. The van der Waals surface area contributed by atoms with Gasteiger partial charge in [-0.1, -0.05) is 30.7 Å². The molecule has 198 valence electrons. The first-order valence-electron chi connectivity index (χ1n) is 12.2. The number of aromatic nitrogens is 3. The van der Waals surface area contributed by atoms with Crippen molar-refractivity contribution in [2.24, 2.45) is 12.8 Å². The molecule has 11 heteroatoms. The van der Waals surface area contributed by atoms with Gasteiger partial charge in [0.25, 0.3) is 5.91 Å². The highest BCUT2D eigenvalue weighted by Gasteiger charge is 2.21. The van der Waals surface area contributed by atoms with Crippen LogP contribution in [0.2, 0.25) is 5.02 Å². The number of carbonyl (C=O) groups excluding carboxylic acids is 2. The molecular weight excluding hydrogens is 497 g/mol. The highest BCUT2D eigenvalue weighted by molar-refractivity contribution is 6.33. The van der Waals surface area contributed by atoms with Crippen LogP contribution in [0, 0.1) is 5.82 Å². The van der Waals surface area contributed by atoms with Crippen molar-refractivity contribution in [2.45, 2.75) is 32.2 Å². The number of nitrogens with one attached hydrogen (secondary N) is 2. The summed E-state index contributed by atoms with van der Waals surface area (Å²) in [4.78, 5) is 31.1. The summed E-state index contributed by atoms with van der Waals surface area (Å²) in [6, 6.07) is 7.76. The van der Waals surface area contributed by atoms with Gasteiger partial charge in [-0.3, -0.25) is 14.3 Å². The van der Waals surface area contributed by atoms with Gasteiger partial charge in [-0.2, -0.15) is 5.10 Å². The summed E-state index contributed by atoms with van der Waals surface area (Å²) in [5.74, 6) is -0.327. The molecule has 0 fully saturated rings. The number of rotatable bonds is 14. The van der Waals surface area contributed by atoms with Crippen molar-refractivity contribution in [1.29, 1.82) is 0 Å². The van der Waals surface area contributed by atoms with Crippen molar-refractivity contribution in [3.63, 3.8) is 0 Å². The third kappa shape index (κ3) is 7.74. The Bertz CT molecular complexity index is 1200. The maximum atomic E-state index is 13.6. The summed E-state index contributed by atoms with van der Waals surface area (Å²) in [6.45, 7) is 3.64. The molecule has 37 heavy (non-hydrogen) atoms. The van der Waals surface area contributed by atoms with E-state index in [9.17, 15) is 14.0 Å². The van der Waals surface area contributed by atoms with Gasteiger partial charge in [-0.05, 0) is 49.6 Å². The molecule has 0 unspecified atom stereocenters. The zero-order valence-corrected chi connectivity index (χ0v) is 21.8. The van der Waals surface area contributed by atoms with Gasteiger partial charge in [0.15, 0.2) is 0 Å². The van der Waals surface area contributed by atoms with E-state index in [1.165, 1.54) is 12.1 Å². The molecule has 0 saturated heterocycles. The lowest BCUT2D eigenvalue weighted by molar-refractivity contribution is -0.120. The summed E-state index contributed by atoms with van der Waals surface area (Å²) in [6.07, 6.45) is 6.09. The van der Waals surface area contributed by atoms with Crippen molar-refractivity contribution in [3.8, 4) is 11.3 Å². The van der Waals surface area contributed by atoms with Gasteiger partial charge in [-0.25, -0.2) is 9.37 Å². The Hall–Kier alpha value is -3.50. The van der Waals surface area contributed by atoms with Crippen LogP contribution in [0.15, 0.2) is 42.7 Å². The minimum atomic E-state index is -0.372. The third-order valence-electron chi connectivity index (χ3n) is 5.99. The predicted octanol–water partition coefficient (Wildman–Crippen LogP) is 3.24. The number of anilines is 1. The molecule has 4 N–H and O–H groups in total. The third-order valence-corrected chi connectivity index (χ3v) is 6.28. The maximum Gasteiger partial charge on any atom is 0.255 e. The van der Waals surface area contributed by atoms with Crippen LogP contribution in [0.1, 0.15) is 35.7 Å². The van der Waals surface area contributed by atoms with Gasteiger partial charge in [-0.15, -0.1) is 0 Å². The zero-order valence-electron chi connectivity index (χ0n) is 21.1. The second kappa shape index (κ2) is 13.7. The number of hydrogen-bond acceptors (Lipinski definition) is 6. The van der Waals surface area contributed by atoms with Crippen LogP contribution >= 0.6 is 11.6 Å². The first kappa shape index (κ1) is 28.1. The Morgan fingerprint density at radius 3 is 2.81 bits per heavy atom. The van der Waals surface area contributed by atoms with E-state index < -0.39 is 0 Å². The van der Waals surface area contributed by atoms with Gasteiger partial charge < -0.3 is 21.3 Å². The van der Waals surface area contributed by atoms with Crippen LogP contribution < -0.4 is 16.4 Å². The van der Waals surface area contributed by atoms with E-state index in [1.54, 1.807) is 41.2 Å². The topological polar surface area (TPSA) is 118 Å². The van der Waals surface area contributed by atoms with E-state index in [0.29, 0.717) is 61.0 Å². The molecule has 0 aliphatic carbocycles. The van der Waals surface area contributed by atoms with E-state index in [0.717, 1.165) is 12.0 Å². The van der Waals surface area contributed by atoms with E-state index >= 15 is 0 Å². The number of nitrogens with zero attached hydrogens (tertiary/aromatic N) is 4. The van der Waals surface area contributed by atoms with E-state index in [1.807, 2.05) is 13.0 Å². The Labute approximate surface area is 221 Å². The number of aryl methyl sites for hydroxylation is 1. The molecule has 1 atom stereocenters. The molecule has 0 bridgehead atoms. The molecule has 2 aromatic heterocycles. The average Bonchev–Trinajstić information content (AvgIpc) is 3.32. The van der Waals surface area contributed by atoms with E-state index in [2.05, 4.69) is 20.7 Å². The SMILES string of the molecule is CC[C@H](CNC(=O)c1cc(Cl)c(-c2cnn(C)c2)nc1NCCc1cccc(F)c1)N(C=O)CCCN. The van der Waals surface area contributed by atoms with Crippen molar-refractivity contribution < 1.29 is 14.0 Å². The van der Waals surface area contributed by atoms with Crippen molar-refractivity contribution >= 4 is 29.7 Å². The molecule has 0 spiro atoms. The molecule has 0 radical (unpaired) electrons. The smallest absolute Gasteiger partial charge is 0.255 e. The summed E-state index contributed by atoms with van der Waals surface area (Å²) in [7, 11) is 1.79. The van der Waals surface area contributed by atoms with Gasteiger partial charge in [0.05, 0.1) is 22.5 Å². The zero-order chi connectivity index (χ0) is 26.8. The van der Waals surface area contributed by atoms with Crippen LogP contribution in [0.5, 0.6) is 0 Å². The molecule has 2 heterocycles. The van der Waals surface area contributed by atoms with Crippen molar-refractivity contribution in [3.05, 3.63) is 64.7 Å². The molecule has 0 saturated carbocycles. The minimum Gasteiger partial charge on any atom is -0.369 e. The van der Waals surface area contributed by atoms with Crippen LogP contribution in [0.3, 0.4) is 0 Å². The van der Waals surface area contributed by atoms with Gasteiger partial charge in [0.1, 0.15) is 11.6 Å². The first-order valence-corrected chi connectivity index (χ1v) is 12.6. The number of pyridine rings is 1.